The molecular formula is C24H22N4O2. The molecule has 0 saturated heterocycles. The smallest absolute Gasteiger partial charge is 0.254 e. The summed E-state index contributed by atoms with van der Waals surface area (Å²) < 4.78 is 5.69. The molecule has 2 aromatic carbocycles. The fourth-order valence-corrected chi connectivity index (χ4v) is 3.13. The molecule has 4 aromatic rings. The standard InChI is InChI=1S/C24H22N4O2/c1-16-9-10-21-19(11-16)20(24(29)28(2)3)12-22(27-21)17-13-25-23(26-14-17)15-30-18-7-5-4-6-8-18/h4-14H,15H2,1-3H3. The Morgan fingerprint density at radius 3 is 2.43 bits per heavy atom. The molecule has 0 aliphatic heterocycles. The molecular weight excluding hydrogens is 376 g/mol. The van der Waals surface area contributed by atoms with Crippen LogP contribution in [0.2, 0.25) is 0 Å². The number of fused-ring (bicyclic) bond motifs is 1. The number of aromatic nitrogens is 3. The first-order chi connectivity index (χ1) is 14.5. The van der Waals surface area contributed by atoms with Crippen LogP contribution >= 0.6 is 0 Å². The number of hydrogen-bond acceptors (Lipinski definition) is 5. The van der Waals surface area contributed by atoms with Crippen molar-refractivity contribution in [3.05, 3.63) is 83.9 Å². The SMILES string of the molecule is Cc1ccc2nc(-c3cnc(COc4ccccc4)nc3)cc(C(=O)N(C)C)c2c1. The first-order valence-corrected chi connectivity index (χ1v) is 9.63. The minimum Gasteiger partial charge on any atom is -0.486 e. The van der Waals surface area contributed by atoms with E-state index in [0.717, 1.165) is 27.8 Å². The number of aryl methyl sites for hydroxylation is 1. The molecule has 150 valence electrons. The Balaban J connectivity index is 1.65. The normalized spacial score (nSPS) is 10.8. The van der Waals surface area contributed by atoms with Gasteiger partial charge in [0.15, 0.2) is 5.82 Å². The summed E-state index contributed by atoms with van der Waals surface area (Å²) in [6.45, 7) is 2.28. The lowest BCUT2D eigenvalue weighted by Crippen LogP contribution is -2.22. The summed E-state index contributed by atoms with van der Waals surface area (Å²) in [4.78, 5) is 27.9. The van der Waals surface area contributed by atoms with Crippen molar-refractivity contribution in [3.63, 3.8) is 0 Å². The topological polar surface area (TPSA) is 68.2 Å². The second-order valence-electron chi connectivity index (χ2n) is 7.26. The molecule has 0 spiro atoms. The quantitative estimate of drug-likeness (QED) is 0.502. The summed E-state index contributed by atoms with van der Waals surface area (Å²) in [5, 5.41) is 0.839. The van der Waals surface area contributed by atoms with Crippen molar-refractivity contribution in [1.29, 1.82) is 0 Å². The molecule has 0 radical (unpaired) electrons. The van der Waals surface area contributed by atoms with Gasteiger partial charge >= 0.3 is 0 Å². The molecule has 30 heavy (non-hydrogen) atoms. The Morgan fingerprint density at radius 1 is 1.00 bits per heavy atom. The molecule has 0 aliphatic carbocycles. The zero-order valence-electron chi connectivity index (χ0n) is 17.2. The largest absolute Gasteiger partial charge is 0.486 e. The molecule has 4 rings (SSSR count). The van der Waals surface area contributed by atoms with Crippen LogP contribution in [0.3, 0.4) is 0 Å². The summed E-state index contributed by atoms with van der Waals surface area (Å²) in [5.41, 5.74) is 3.86. The maximum Gasteiger partial charge on any atom is 0.254 e. The number of nitrogens with zero attached hydrogens (tertiary/aromatic N) is 4. The van der Waals surface area contributed by atoms with Gasteiger partial charge in [-0.05, 0) is 37.3 Å². The van der Waals surface area contributed by atoms with Gasteiger partial charge in [0.05, 0.1) is 16.8 Å². The number of amides is 1. The highest BCUT2D eigenvalue weighted by atomic mass is 16.5. The van der Waals surface area contributed by atoms with Gasteiger partial charge in [-0.25, -0.2) is 15.0 Å². The Kier molecular flexibility index (Phi) is 5.39. The average molecular weight is 398 g/mol. The molecule has 1 amide bonds. The van der Waals surface area contributed by atoms with Crippen LogP contribution in [0.1, 0.15) is 21.7 Å². The van der Waals surface area contributed by atoms with Crippen LogP contribution in [0.25, 0.3) is 22.2 Å². The van der Waals surface area contributed by atoms with E-state index in [1.807, 2.05) is 61.5 Å². The molecule has 2 aromatic heterocycles. The number of ether oxygens (including phenoxy) is 1. The van der Waals surface area contributed by atoms with E-state index >= 15 is 0 Å². The number of benzene rings is 2. The highest BCUT2D eigenvalue weighted by Gasteiger charge is 2.16. The van der Waals surface area contributed by atoms with Crippen molar-refractivity contribution in [2.75, 3.05) is 14.1 Å². The molecule has 6 heteroatoms. The number of para-hydroxylation sites is 1. The van der Waals surface area contributed by atoms with Crippen molar-refractivity contribution >= 4 is 16.8 Å². The first kappa shape index (κ1) is 19.5. The number of carbonyl (C=O) groups is 1. The van der Waals surface area contributed by atoms with Crippen molar-refractivity contribution in [1.82, 2.24) is 19.9 Å². The predicted octanol–water partition coefficient (Wildman–Crippen LogP) is 4.28. The molecule has 0 aliphatic rings. The van der Waals surface area contributed by atoms with Crippen LogP contribution in [-0.2, 0) is 6.61 Å². The van der Waals surface area contributed by atoms with E-state index in [0.29, 0.717) is 17.1 Å². The van der Waals surface area contributed by atoms with E-state index in [4.69, 9.17) is 9.72 Å². The van der Waals surface area contributed by atoms with Crippen LogP contribution in [0.4, 0.5) is 0 Å². The minimum absolute atomic E-state index is 0.0666. The maximum atomic E-state index is 12.8. The van der Waals surface area contributed by atoms with E-state index in [2.05, 4.69) is 9.97 Å². The second-order valence-corrected chi connectivity index (χ2v) is 7.26. The van der Waals surface area contributed by atoms with Crippen LogP contribution in [0, 0.1) is 6.92 Å². The minimum atomic E-state index is -0.0666. The third-order valence-electron chi connectivity index (χ3n) is 4.71. The monoisotopic (exact) mass is 398 g/mol. The zero-order chi connectivity index (χ0) is 21.1. The van der Waals surface area contributed by atoms with E-state index < -0.39 is 0 Å². The first-order valence-electron chi connectivity index (χ1n) is 9.63. The van der Waals surface area contributed by atoms with Crippen LogP contribution < -0.4 is 4.74 Å². The third kappa shape index (κ3) is 4.12. The van der Waals surface area contributed by atoms with Crippen molar-refractivity contribution in [2.24, 2.45) is 0 Å². The van der Waals surface area contributed by atoms with Crippen molar-refractivity contribution < 1.29 is 9.53 Å². The number of carbonyl (C=O) groups excluding carboxylic acids is 1. The Hall–Kier alpha value is -3.80. The van der Waals surface area contributed by atoms with Gasteiger partial charge in [-0.15, -0.1) is 0 Å². The molecule has 0 saturated carbocycles. The Bertz CT molecular complexity index is 1190. The number of rotatable bonds is 5. The van der Waals surface area contributed by atoms with Gasteiger partial charge in [0.2, 0.25) is 0 Å². The molecule has 0 atom stereocenters. The molecule has 0 fully saturated rings. The lowest BCUT2D eigenvalue weighted by atomic mass is 10.0. The summed E-state index contributed by atoms with van der Waals surface area (Å²) >= 11 is 0. The third-order valence-corrected chi connectivity index (χ3v) is 4.71. The lowest BCUT2D eigenvalue weighted by molar-refractivity contribution is 0.0829. The fraction of sp³-hybridized carbons (Fsp3) is 0.167. The van der Waals surface area contributed by atoms with E-state index in [1.165, 1.54) is 0 Å². The summed E-state index contributed by atoms with van der Waals surface area (Å²) in [6, 6.07) is 17.3. The predicted molar refractivity (Wildman–Crippen MR) is 116 cm³/mol. The second kappa shape index (κ2) is 8.29. The number of hydrogen-bond donors (Lipinski definition) is 0. The highest BCUT2D eigenvalue weighted by molar-refractivity contribution is 6.07. The van der Waals surface area contributed by atoms with E-state index in [9.17, 15) is 4.79 Å². The van der Waals surface area contributed by atoms with Gasteiger partial charge in [0, 0.05) is 37.4 Å². The Morgan fingerprint density at radius 2 is 1.73 bits per heavy atom. The van der Waals surface area contributed by atoms with Gasteiger partial charge in [0.25, 0.3) is 5.91 Å². The summed E-state index contributed by atoms with van der Waals surface area (Å²) in [5.74, 6) is 1.27. The molecule has 0 N–H and O–H groups in total. The van der Waals surface area contributed by atoms with Gasteiger partial charge in [-0.2, -0.15) is 0 Å². The van der Waals surface area contributed by atoms with Crippen LogP contribution in [0.15, 0.2) is 67.0 Å². The van der Waals surface area contributed by atoms with Gasteiger partial charge < -0.3 is 9.64 Å². The van der Waals surface area contributed by atoms with Gasteiger partial charge in [0.1, 0.15) is 12.4 Å². The summed E-state index contributed by atoms with van der Waals surface area (Å²) in [6.07, 6.45) is 3.42. The highest BCUT2D eigenvalue weighted by Crippen LogP contribution is 2.26. The van der Waals surface area contributed by atoms with Crippen LogP contribution in [-0.4, -0.2) is 39.9 Å². The van der Waals surface area contributed by atoms with Crippen molar-refractivity contribution in [3.8, 4) is 17.0 Å². The molecule has 0 bridgehead atoms. The average Bonchev–Trinajstić information content (AvgIpc) is 2.77. The van der Waals surface area contributed by atoms with E-state index in [1.54, 1.807) is 31.4 Å². The van der Waals surface area contributed by atoms with Crippen LogP contribution in [0.5, 0.6) is 5.75 Å². The maximum absolute atomic E-state index is 12.8. The van der Waals surface area contributed by atoms with Gasteiger partial charge in [-0.1, -0.05) is 29.8 Å². The van der Waals surface area contributed by atoms with E-state index in [-0.39, 0.29) is 12.5 Å². The molecule has 2 heterocycles. The van der Waals surface area contributed by atoms with Crippen molar-refractivity contribution in [2.45, 2.75) is 13.5 Å². The Labute approximate surface area is 175 Å². The molecule has 0 unspecified atom stereocenters. The zero-order valence-corrected chi connectivity index (χ0v) is 17.2. The van der Waals surface area contributed by atoms with Gasteiger partial charge in [-0.3, -0.25) is 4.79 Å². The summed E-state index contributed by atoms with van der Waals surface area (Å²) in [7, 11) is 3.49. The molecule has 6 nitrogen and oxygen atoms in total. The number of pyridine rings is 1. The lowest BCUT2D eigenvalue weighted by Gasteiger charge is -2.14. The fourth-order valence-electron chi connectivity index (χ4n) is 3.13.